The van der Waals surface area contributed by atoms with Gasteiger partial charge in [-0.05, 0) is 18.2 Å². The van der Waals surface area contributed by atoms with Crippen LogP contribution in [0.2, 0.25) is 0 Å². The van der Waals surface area contributed by atoms with Crippen molar-refractivity contribution in [3.05, 3.63) is 23.8 Å². The Kier molecular flexibility index (Phi) is 3.66. The zero-order valence-electron chi connectivity index (χ0n) is 9.98. The first-order valence-electron chi connectivity index (χ1n) is 5.69. The molecule has 104 valence electrons. The average Bonchev–Trinajstić information content (AvgIpc) is 2.37. The Morgan fingerprint density at radius 2 is 2.11 bits per heavy atom. The minimum Gasteiger partial charge on any atom is -0.399 e. The van der Waals surface area contributed by atoms with Crippen LogP contribution in [0.5, 0.6) is 0 Å². The van der Waals surface area contributed by atoms with Crippen LogP contribution >= 0.6 is 0 Å². The van der Waals surface area contributed by atoms with Gasteiger partial charge in [0.25, 0.3) is 0 Å². The molecule has 1 heterocycles. The van der Waals surface area contributed by atoms with Crippen LogP contribution in [-0.4, -0.2) is 32.1 Å². The average molecular weight is 274 g/mol. The summed E-state index contributed by atoms with van der Waals surface area (Å²) in [6.45, 7) is 0.879. The number of halogens is 3. The second kappa shape index (κ2) is 5.08. The van der Waals surface area contributed by atoms with Crippen molar-refractivity contribution in [1.82, 2.24) is 0 Å². The van der Waals surface area contributed by atoms with E-state index in [1.165, 1.54) is 6.07 Å². The number of ether oxygens (including phenoxy) is 1. The molecular weight excluding hydrogens is 261 g/mol. The Bertz CT molecular complexity index is 477. The van der Waals surface area contributed by atoms with Crippen LogP contribution in [0, 0.1) is 0 Å². The highest BCUT2D eigenvalue weighted by Gasteiger charge is 2.32. The van der Waals surface area contributed by atoms with Gasteiger partial charge in [-0.1, -0.05) is 0 Å². The molecule has 19 heavy (non-hydrogen) atoms. The summed E-state index contributed by atoms with van der Waals surface area (Å²) in [5.74, 6) is 0. The van der Waals surface area contributed by atoms with Crippen molar-refractivity contribution in [2.75, 3.05) is 30.4 Å². The molecule has 7 heteroatoms. The minimum atomic E-state index is -4.47. The van der Waals surface area contributed by atoms with Gasteiger partial charge in [0, 0.05) is 17.9 Å². The lowest BCUT2D eigenvalue weighted by molar-refractivity contribution is -0.137. The Morgan fingerprint density at radius 3 is 2.74 bits per heavy atom. The van der Waals surface area contributed by atoms with Crippen molar-refractivity contribution < 1.29 is 22.7 Å². The summed E-state index contributed by atoms with van der Waals surface area (Å²) >= 11 is 0. The number of carbonyl (C=O) groups is 1. The summed E-state index contributed by atoms with van der Waals surface area (Å²) in [5, 5.41) is 0. The van der Waals surface area contributed by atoms with Crippen LogP contribution in [0.1, 0.15) is 5.56 Å². The minimum absolute atomic E-state index is 0.0148. The van der Waals surface area contributed by atoms with Crippen LogP contribution in [0.25, 0.3) is 0 Å². The maximum absolute atomic E-state index is 12.7. The fourth-order valence-corrected chi connectivity index (χ4v) is 2.02. The second-order valence-corrected chi connectivity index (χ2v) is 4.28. The molecule has 0 spiro atoms. The Labute approximate surface area is 107 Å². The van der Waals surface area contributed by atoms with Gasteiger partial charge in [-0.3, -0.25) is 0 Å². The van der Waals surface area contributed by atoms with E-state index in [4.69, 9.17) is 10.5 Å². The molecule has 2 N–H and O–H groups in total. The number of benzene rings is 1. The van der Waals surface area contributed by atoms with Crippen LogP contribution in [0.4, 0.5) is 24.5 Å². The van der Waals surface area contributed by atoms with Gasteiger partial charge >= 0.3 is 6.18 Å². The molecular formula is C12H13F3N2O2. The van der Waals surface area contributed by atoms with E-state index >= 15 is 0 Å². The predicted octanol–water partition coefficient (Wildman–Crippen LogP) is 1.69. The van der Waals surface area contributed by atoms with Gasteiger partial charge in [0.1, 0.15) is 12.3 Å². The first-order chi connectivity index (χ1) is 8.91. The number of carbonyl (C=O) groups excluding carboxylic acids is 1. The van der Waals surface area contributed by atoms with Crippen molar-refractivity contribution >= 4 is 17.7 Å². The maximum Gasteiger partial charge on any atom is 0.416 e. The molecule has 1 unspecified atom stereocenters. The van der Waals surface area contributed by atoms with Crippen molar-refractivity contribution in [1.29, 1.82) is 0 Å². The highest BCUT2D eigenvalue weighted by Crippen LogP contribution is 2.34. The fraction of sp³-hybridized carbons (Fsp3) is 0.417. The first kappa shape index (κ1) is 13.7. The quantitative estimate of drug-likeness (QED) is 0.658. The van der Waals surface area contributed by atoms with E-state index in [-0.39, 0.29) is 18.0 Å². The van der Waals surface area contributed by atoms with Crippen molar-refractivity contribution in [3.8, 4) is 0 Å². The lowest BCUT2D eigenvalue weighted by Gasteiger charge is -2.34. The monoisotopic (exact) mass is 274 g/mol. The molecule has 1 aliphatic heterocycles. The summed E-state index contributed by atoms with van der Waals surface area (Å²) in [4.78, 5) is 12.5. The number of nitrogen functional groups attached to an aromatic ring is 1. The number of morpholine rings is 1. The lowest BCUT2D eigenvalue weighted by Crippen LogP contribution is -2.46. The van der Waals surface area contributed by atoms with E-state index in [1.807, 2.05) is 0 Å². The largest absolute Gasteiger partial charge is 0.416 e. The highest BCUT2D eigenvalue weighted by molar-refractivity contribution is 5.69. The molecule has 1 atom stereocenters. The predicted molar refractivity (Wildman–Crippen MR) is 63.9 cm³/mol. The number of hydrogen-bond acceptors (Lipinski definition) is 4. The van der Waals surface area contributed by atoms with Crippen molar-refractivity contribution in [2.45, 2.75) is 12.2 Å². The van der Waals surface area contributed by atoms with E-state index in [0.717, 1.165) is 12.1 Å². The van der Waals surface area contributed by atoms with Crippen molar-refractivity contribution in [2.24, 2.45) is 0 Å². The molecule has 1 fully saturated rings. The third-order valence-electron chi connectivity index (χ3n) is 2.92. The van der Waals surface area contributed by atoms with Gasteiger partial charge in [-0.15, -0.1) is 0 Å². The normalized spacial score (nSPS) is 20.4. The molecule has 0 saturated carbocycles. The lowest BCUT2D eigenvalue weighted by atomic mass is 10.1. The molecule has 0 bridgehead atoms. The molecule has 4 nitrogen and oxygen atoms in total. The summed E-state index contributed by atoms with van der Waals surface area (Å²) < 4.78 is 43.3. The second-order valence-electron chi connectivity index (χ2n) is 4.28. The van der Waals surface area contributed by atoms with Crippen molar-refractivity contribution in [3.63, 3.8) is 0 Å². The molecule has 1 aromatic rings. The summed E-state index contributed by atoms with van der Waals surface area (Å²) in [6, 6.07) is 2.71. The number of alkyl halides is 3. The van der Waals surface area contributed by atoms with E-state index in [2.05, 4.69) is 0 Å². The number of anilines is 2. The molecule has 0 aliphatic carbocycles. The Balaban J connectivity index is 2.38. The van der Waals surface area contributed by atoms with E-state index in [9.17, 15) is 18.0 Å². The smallest absolute Gasteiger partial charge is 0.399 e. The third kappa shape index (κ3) is 2.98. The Hall–Kier alpha value is -1.76. The number of aldehydes is 1. The standard InChI is InChI=1S/C12H13F3N2O2/c13-12(14,15)8-3-9(16)5-10(4-8)17-1-2-19-7-11(17)6-18/h3-6,11H,1-2,7,16H2. The van der Waals surface area contributed by atoms with Crippen LogP contribution < -0.4 is 10.6 Å². The topological polar surface area (TPSA) is 55.6 Å². The maximum atomic E-state index is 12.7. The summed E-state index contributed by atoms with van der Waals surface area (Å²) in [6.07, 6.45) is -3.80. The molecule has 0 radical (unpaired) electrons. The first-order valence-corrected chi connectivity index (χ1v) is 5.69. The number of rotatable bonds is 2. The van der Waals surface area contributed by atoms with Crippen LogP contribution in [-0.2, 0) is 15.7 Å². The van der Waals surface area contributed by atoms with E-state index in [0.29, 0.717) is 19.4 Å². The Morgan fingerprint density at radius 1 is 1.37 bits per heavy atom. The van der Waals surface area contributed by atoms with E-state index in [1.54, 1.807) is 4.90 Å². The number of nitrogens with two attached hydrogens (primary N) is 1. The zero-order valence-corrected chi connectivity index (χ0v) is 9.98. The van der Waals surface area contributed by atoms with Gasteiger partial charge in [-0.2, -0.15) is 13.2 Å². The molecule has 0 amide bonds. The van der Waals surface area contributed by atoms with Crippen LogP contribution in [0.15, 0.2) is 18.2 Å². The fourth-order valence-electron chi connectivity index (χ4n) is 2.02. The van der Waals surface area contributed by atoms with Gasteiger partial charge in [0.2, 0.25) is 0 Å². The molecule has 0 aromatic heterocycles. The van der Waals surface area contributed by atoms with Crippen LogP contribution in [0.3, 0.4) is 0 Å². The summed E-state index contributed by atoms with van der Waals surface area (Å²) in [5.41, 5.74) is 4.98. The number of nitrogens with zero attached hydrogens (tertiary/aromatic N) is 1. The van der Waals surface area contributed by atoms with Gasteiger partial charge in [0.15, 0.2) is 0 Å². The van der Waals surface area contributed by atoms with Gasteiger partial charge in [0.05, 0.1) is 18.8 Å². The third-order valence-corrected chi connectivity index (χ3v) is 2.92. The SMILES string of the molecule is Nc1cc(N2CCOCC2C=O)cc(C(F)(F)F)c1. The molecule has 1 saturated heterocycles. The van der Waals surface area contributed by atoms with Gasteiger partial charge < -0.3 is 20.2 Å². The number of hydrogen-bond donors (Lipinski definition) is 1. The molecule has 1 aromatic carbocycles. The molecule has 2 rings (SSSR count). The summed E-state index contributed by atoms with van der Waals surface area (Å²) in [7, 11) is 0. The van der Waals surface area contributed by atoms with Gasteiger partial charge in [-0.25, -0.2) is 0 Å². The zero-order chi connectivity index (χ0) is 14.0. The molecule has 1 aliphatic rings. The highest BCUT2D eigenvalue weighted by atomic mass is 19.4. The van der Waals surface area contributed by atoms with E-state index < -0.39 is 17.8 Å².